The van der Waals surface area contributed by atoms with Crippen molar-refractivity contribution in [1.82, 2.24) is 4.90 Å². The van der Waals surface area contributed by atoms with Gasteiger partial charge in [-0.1, -0.05) is 0 Å². The number of rotatable bonds is 4. The van der Waals surface area contributed by atoms with E-state index in [1.54, 1.807) is 4.90 Å². The molecule has 6 nitrogen and oxygen atoms in total. The highest BCUT2D eigenvalue weighted by molar-refractivity contribution is 5.87. The summed E-state index contributed by atoms with van der Waals surface area (Å²) in [5, 5.41) is 9.71. The molecule has 0 aromatic rings. The summed E-state index contributed by atoms with van der Waals surface area (Å²) in [6.45, 7) is 4.07. The van der Waals surface area contributed by atoms with Crippen LogP contribution in [0.1, 0.15) is 39.0 Å². The first-order chi connectivity index (χ1) is 10.5. The molecule has 2 atom stereocenters. The van der Waals surface area contributed by atoms with Crippen molar-refractivity contribution < 1.29 is 24.2 Å². The number of carboxylic acids is 1. The fourth-order valence-corrected chi connectivity index (χ4v) is 4.38. The Morgan fingerprint density at radius 1 is 1.32 bits per heavy atom. The summed E-state index contributed by atoms with van der Waals surface area (Å²) in [6, 6.07) is 0. The van der Waals surface area contributed by atoms with Gasteiger partial charge < -0.3 is 19.5 Å². The van der Waals surface area contributed by atoms with Gasteiger partial charge in [-0.25, -0.2) is 0 Å². The molecule has 2 heterocycles. The first-order valence-electron chi connectivity index (χ1n) is 8.28. The van der Waals surface area contributed by atoms with Gasteiger partial charge in [0.05, 0.1) is 12.0 Å². The third-order valence-electron chi connectivity index (χ3n) is 5.64. The minimum absolute atomic E-state index is 0.0122. The molecule has 0 radical (unpaired) electrons. The van der Waals surface area contributed by atoms with Gasteiger partial charge in [0.1, 0.15) is 5.60 Å². The number of ether oxygens (including phenoxy) is 2. The van der Waals surface area contributed by atoms with Crippen LogP contribution in [0.3, 0.4) is 0 Å². The molecular formula is C16H25NO5. The summed E-state index contributed by atoms with van der Waals surface area (Å²) in [5.74, 6) is -0.919. The van der Waals surface area contributed by atoms with Crippen LogP contribution in [-0.2, 0) is 19.1 Å². The number of amides is 1. The Morgan fingerprint density at radius 3 is 2.64 bits per heavy atom. The summed E-state index contributed by atoms with van der Waals surface area (Å²) in [7, 11) is 0. The second-order valence-electron chi connectivity index (χ2n) is 6.80. The minimum Gasteiger partial charge on any atom is -0.481 e. The van der Waals surface area contributed by atoms with E-state index in [-0.39, 0.29) is 11.8 Å². The zero-order valence-corrected chi connectivity index (χ0v) is 13.2. The van der Waals surface area contributed by atoms with Crippen molar-refractivity contribution in [2.45, 2.75) is 44.6 Å². The highest BCUT2D eigenvalue weighted by Crippen LogP contribution is 2.44. The van der Waals surface area contributed by atoms with Crippen LogP contribution in [0.25, 0.3) is 0 Å². The molecule has 1 aliphatic carbocycles. The second-order valence-corrected chi connectivity index (χ2v) is 6.80. The van der Waals surface area contributed by atoms with E-state index in [1.807, 2.05) is 6.92 Å². The lowest BCUT2D eigenvalue weighted by Crippen LogP contribution is -2.49. The third-order valence-corrected chi connectivity index (χ3v) is 5.64. The third kappa shape index (κ3) is 2.33. The number of fused-ring (bicyclic) bond motifs is 1. The van der Waals surface area contributed by atoms with Crippen molar-refractivity contribution >= 4 is 11.9 Å². The van der Waals surface area contributed by atoms with Crippen molar-refractivity contribution in [3.8, 4) is 0 Å². The quantitative estimate of drug-likeness (QED) is 0.846. The van der Waals surface area contributed by atoms with Crippen LogP contribution in [-0.4, -0.2) is 60.4 Å². The predicted octanol–water partition coefficient (Wildman–Crippen LogP) is 1.29. The van der Waals surface area contributed by atoms with E-state index in [4.69, 9.17) is 9.47 Å². The normalized spacial score (nSPS) is 33.7. The maximum atomic E-state index is 13.0. The molecule has 3 rings (SSSR count). The number of nitrogens with zero attached hydrogens (tertiary/aromatic N) is 1. The van der Waals surface area contributed by atoms with Crippen LogP contribution in [0.4, 0.5) is 0 Å². The smallest absolute Gasteiger partial charge is 0.311 e. The van der Waals surface area contributed by atoms with Gasteiger partial charge in [0.15, 0.2) is 0 Å². The fourth-order valence-electron chi connectivity index (χ4n) is 4.38. The van der Waals surface area contributed by atoms with Crippen molar-refractivity contribution in [3.63, 3.8) is 0 Å². The number of hydrogen-bond donors (Lipinski definition) is 1. The maximum Gasteiger partial charge on any atom is 0.311 e. The Balaban J connectivity index is 1.81. The van der Waals surface area contributed by atoms with Gasteiger partial charge in [-0.2, -0.15) is 0 Å². The summed E-state index contributed by atoms with van der Waals surface area (Å²) < 4.78 is 11.3. The zero-order chi connectivity index (χ0) is 15.8. The Labute approximate surface area is 130 Å². The SMILES string of the molecule is CCOC1(C(=O)N2C[C@H]3COCC[C@@]3(C(=O)O)C2)CCCC1. The van der Waals surface area contributed by atoms with E-state index in [0.29, 0.717) is 39.3 Å². The summed E-state index contributed by atoms with van der Waals surface area (Å²) in [4.78, 5) is 26.6. The summed E-state index contributed by atoms with van der Waals surface area (Å²) >= 11 is 0. The first-order valence-corrected chi connectivity index (χ1v) is 8.28. The molecule has 0 spiro atoms. The molecule has 0 unspecified atom stereocenters. The number of aliphatic carboxylic acids is 1. The topological polar surface area (TPSA) is 76.1 Å². The lowest BCUT2D eigenvalue weighted by molar-refractivity contribution is -0.160. The molecule has 1 amide bonds. The Kier molecular flexibility index (Phi) is 4.16. The number of hydrogen-bond acceptors (Lipinski definition) is 4. The van der Waals surface area contributed by atoms with Crippen LogP contribution >= 0.6 is 0 Å². The molecule has 1 N–H and O–H groups in total. The average molecular weight is 311 g/mol. The standard InChI is InChI=1S/C16H25NO5/c1-2-22-16(5-3-4-6-16)13(18)17-9-12-10-21-8-7-15(12,11-17)14(19)20/h12H,2-11H2,1H3,(H,19,20)/t12-,15+/m0/s1. The number of carbonyl (C=O) groups is 2. The second kappa shape index (κ2) is 5.81. The molecule has 6 heteroatoms. The number of carboxylic acid groups (broad SMARTS) is 1. The van der Waals surface area contributed by atoms with Crippen LogP contribution in [0, 0.1) is 11.3 Å². The largest absolute Gasteiger partial charge is 0.481 e. The van der Waals surface area contributed by atoms with E-state index in [0.717, 1.165) is 25.7 Å². The Morgan fingerprint density at radius 2 is 2.05 bits per heavy atom. The van der Waals surface area contributed by atoms with E-state index in [2.05, 4.69) is 0 Å². The van der Waals surface area contributed by atoms with Crippen molar-refractivity contribution in [2.24, 2.45) is 11.3 Å². The summed E-state index contributed by atoms with van der Waals surface area (Å²) in [5.41, 5.74) is -1.55. The van der Waals surface area contributed by atoms with E-state index >= 15 is 0 Å². The average Bonchev–Trinajstić information content (AvgIpc) is 3.12. The molecule has 22 heavy (non-hydrogen) atoms. The Hall–Kier alpha value is -1.14. The monoisotopic (exact) mass is 311 g/mol. The fraction of sp³-hybridized carbons (Fsp3) is 0.875. The highest BCUT2D eigenvalue weighted by atomic mass is 16.5. The minimum atomic E-state index is -0.833. The molecule has 1 saturated carbocycles. The molecule has 2 aliphatic heterocycles. The van der Waals surface area contributed by atoms with Gasteiger partial charge in [-0.05, 0) is 39.0 Å². The van der Waals surface area contributed by atoms with Crippen molar-refractivity contribution in [3.05, 3.63) is 0 Å². The van der Waals surface area contributed by atoms with Crippen LogP contribution < -0.4 is 0 Å². The molecule has 0 aromatic carbocycles. The van der Waals surface area contributed by atoms with Crippen LogP contribution in [0.2, 0.25) is 0 Å². The highest BCUT2D eigenvalue weighted by Gasteiger charge is 2.57. The van der Waals surface area contributed by atoms with Crippen molar-refractivity contribution in [1.29, 1.82) is 0 Å². The van der Waals surface area contributed by atoms with Gasteiger partial charge in [-0.15, -0.1) is 0 Å². The van der Waals surface area contributed by atoms with Gasteiger partial charge in [0.2, 0.25) is 0 Å². The lowest BCUT2D eigenvalue weighted by Gasteiger charge is -2.34. The molecule has 3 fully saturated rings. The van der Waals surface area contributed by atoms with Crippen LogP contribution in [0.5, 0.6) is 0 Å². The number of likely N-dealkylation sites (tertiary alicyclic amines) is 1. The molecule has 3 aliphatic rings. The lowest BCUT2D eigenvalue weighted by atomic mass is 9.74. The maximum absolute atomic E-state index is 13.0. The summed E-state index contributed by atoms with van der Waals surface area (Å²) in [6.07, 6.45) is 3.97. The van der Waals surface area contributed by atoms with Crippen LogP contribution in [0.15, 0.2) is 0 Å². The zero-order valence-electron chi connectivity index (χ0n) is 13.2. The molecule has 0 aromatic heterocycles. The van der Waals surface area contributed by atoms with Gasteiger partial charge in [0.25, 0.3) is 5.91 Å². The molecule has 2 saturated heterocycles. The van der Waals surface area contributed by atoms with E-state index in [9.17, 15) is 14.7 Å². The van der Waals surface area contributed by atoms with Gasteiger partial charge in [-0.3, -0.25) is 9.59 Å². The van der Waals surface area contributed by atoms with Crippen molar-refractivity contribution in [2.75, 3.05) is 32.9 Å². The van der Waals surface area contributed by atoms with E-state index in [1.165, 1.54) is 0 Å². The molecular weight excluding hydrogens is 286 g/mol. The van der Waals surface area contributed by atoms with Gasteiger partial charge in [0, 0.05) is 32.2 Å². The predicted molar refractivity (Wildman–Crippen MR) is 78.4 cm³/mol. The number of carbonyl (C=O) groups excluding carboxylic acids is 1. The first kappa shape index (κ1) is 15.7. The molecule has 124 valence electrons. The van der Waals surface area contributed by atoms with E-state index < -0.39 is 17.0 Å². The Bertz CT molecular complexity index is 459. The molecule has 0 bridgehead atoms. The van der Waals surface area contributed by atoms with Gasteiger partial charge >= 0.3 is 5.97 Å².